The lowest BCUT2D eigenvalue weighted by Gasteiger charge is -2.28. The lowest BCUT2D eigenvalue weighted by Crippen LogP contribution is -2.41. The van der Waals surface area contributed by atoms with Crippen molar-refractivity contribution in [3.8, 4) is 23.1 Å². The van der Waals surface area contributed by atoms with Crippen molar-refractivity contribution in [1.29, 1.82) is 5.26 Å². The molecule has 1 amide bonds. The average molecular weight is 338 g/mol. The van der Waals surface area contributed by atoms with E-state index >= 15 is 0 Å². The second kappa shape index (κ2) is 6.98. The Balaban J connectivity index is 1.96. The lowest BCUT2D eigenvalue weighted by atomic mass is 10.1. The highest BCUT2D eigenvalue weighted by molar-refractivity contribution is 5.93. The standard InChI is InChI=1S/C19H22N4O2/c1-13(2)8-9-22-10-11-23-17(14-4-6-15(25-3)7-5-14)16(12-20)21-18(23)19(22)24/h4-7,13H,8-11H2,1-3H3. The first-order chi connectivity index (χ1) is 12.0. The molecular weight excluding hydrogens is 316 g/mol. The van der Waals surface area contributed by atoms with Crippen LogP contribution in [0.5, 0.6) is 5.75 Å². The molecule has 3 rings (SSSR count). The fourth-order valence-corrected chi connectivity index (χ4v) is 3.04. The van der Waals surface area contributed by atoms with Gasteiger partial charge in [-0.2, -0.15) is 5.26 Å². The molecule has 0 atom stereocenters. The van der Waals surface area contributed by atoms with E-state index in [9.17, 15) is 10.1 Å². The molecule has 130 valence electrons. The Kier molecular flexibility index (Phi) is 4.75. The van der Waals surface area contributed by atoms with E-state index in [0.717, 1.165) is 24.3 Å². The van der Waals surface area contributed by atoms with Gasteiger partial charge in [0.15, 0.2) is 5.69 Å². The van der Waals surface area contributed by atoms with Crippen LogP contribution >= 0.6 is 0 Å². The predicted molar refractivity (Wildman–Crippen MR) is 94.3 cm³/mol. The summed E-state index contributed by atoms with van der Waals surface area (Å²) in [5.41, 5.74) is 1.86. The highest BCUT2D eigenvalue weighted by Gasteiger charge is 2.30. The number of aromatic nitrogens is 2. The first kappa shape index (κ1) is 17.0. The van der Waals surface area contributed by atoms with Gasteiger partial charge in [0, 0.05) is 25.2 Å². The molecule has 2 aromatic rings. The summed E-state index contributed by atoms with van der Waals surface area (Å²) in [6.07, 6.45) is 0.961. The van der Waals surface area contributed by atoms with Gasteiger partial charge in [-0.05, 0) is 36.6 Å². The third-order valence-electron chi connectivity index (χ3n) is 4.49. The summed E-state index contributed by atoms with van der Waals surface area (Å²) < 4.78 is 7.05. The van der Waals surface area contributed by atoms with Gasteiger partial charge in [-0.15, -0.1) is 0 Å². The van der Waals surface area contributed by atoms with Crippen LogP contribution in [-0.4, -0.2) is 40.6 Å². The molecule has 1 aromatic carbocycles. The smallest absolute Gasteiger partial charge is 0.289 e. The zero-order valence-corrected chi connectivity index (χ0v) is 14.8. The number of nitrogens with zero attached hydrogens (tertiary/aromatic N) is 4. The molecule has 0 aliphatic carbocycles. The Hall–Kier alpha value is -2.81. The molecule has 0 radical (unpaired) electrons. The number of methoxy groups -OCH3 is 1. The molecule has 0 unspecified atom stereocenters. The van der Waals surface area contributed by atoms with Crippen molar-refractivity contribution in [3.63, 3.8) is 0 Å². The van der Waals surface area contributed by atoms with Crippen molar-refractivity contribution in [3.05, 3.63) is 35.8 Å². The van der Waals surface area contributed by atoms with Crippen LogP contribution in [-0.2, 0) is 6.54 Å². The predicted octanol–water partition coefficient (Wildman–Crippen LogP) is 2.93. The highest BCUT2D eigenvalue weighted by Crippen LogP contribution is 2.29. The zero-order valence-electron chi connectivity index (χ0n) is 14.8. The first-order valence-corrected chi connectivity index (χ1v) is 8.49. The van der Waals surface area contributed by atoms with Gasteiger partial charge < -0.3 is 14.2 Å². The van der Waals surface area contributed by atoms with Gasteiger partial charge in [-0.1, -0.05) is 13.8 Å². The van der Waals surface area contributed by atoms with Crippen LogP contribution in [0.2, 0.25) is 0 Å². The van der Waals surface area contributed by atoms with Crippen molar-refractivity contribution < 1.29 is 9.53 Å². The second-order valence-electron chi connectivity index (χ2n) is 6.60. The summed E-state index contributed by atoms with van der Waals surface area (Å²) in [5.74, 6) is 1.55. The molecule has 0 bridgehead atoms. The summed E-state index contributed by atoms with van der Waals surface area (Å²) in [6, 6.07) is 9.60. The molecule has 0 fully saturated rings. The fourth-order valence-electron chi connectivity index (χ4n) is 3.04. The van der Waals surface area contributed by atoms with Crippen LogP contribution in [0.15, 0.2) is 24.3 Å². The number of fused-ring (bicyclic) bond motifs is 1. The van der Waals surface area contributed by atoms with E-state index in [2.05, 4.69) is 24.9 Å². The van der Waals surface area contributed by atoms with Crippen molar-refractivity contribution >= 4 is 5.91 Å². The van der Waals surface area contributed by atoms with Crippen LogP contribution < -0.4 is 4.74 Å². The Morgan fingerprint density at radius 1 is 1.28 bits per heavy atom. The van der Waals surface area contributed by atoms with Crippen LogP contribution in [0.4, 0.5) is 0 Å². The van der Waals surface area contributed by atoms with Crippen molar-refractivity contribution in [2.45, 2.75) is 26.8 Å². The summed E-state index contributed by atoms with van der Waals surface area (Å²) in [5, 5.41) is 9.48. The average Bonchev–Trinajstić information content (AvgIpc) is 3.00. The van der Waals surface area contributed by atoms with Crippen LogP contribution in [0.1, 0.15) is 36.6 Å². The van der Waals surface area contributed by atoms with Crippen molar-refractivity contribution in [1.82, 2.24) is 14.5 Å². The quantitative estimate of drug-likeness (QED) is 0.840. The molecule has 1 aliphatic heterocycles. The molecule has 6 heteroatoms. The minimum absolute atomic E-state index is 0.0943. The number of hydrogen-bond acceptors (Lipinski definition) is 4. The highest BCUT2D eigenvalue weighted by atomic mass is 16.5. The third kappa shape index (κ3) is 3.22. The molecule has 2 heterocycles. The Morgan fingerprint density at radius 3 is 2.60 bits per heavy atom. The summed E-state index contributed by atoms with van der Waals surface area (Å²) in [6.45, 7) is 6.30. The Bertz CT molecular complexity index is 815. The van der Waals surface area contributed by atoms with E-state index < -0.39 is 0 Å². The normalized spacial score (nSPS) is 13.7. The summed E-state index contributed by atoms with van der Waals surface area (Å²) >= 11 is 0. The maximum atomic E-state index is 12.8. The van der Waals surface area contributed by atoms with Gasteiger partial charge >= 0.3 is 0 Å². The number of carbonyl (C=O) groups excluding carboxylic acids is 1. The number of carbonyl (C=O) groups is 1. The number of imidazole rings is 1. The number of nitriles is 1. The molecule has 0 spiro atoms. The third-order valence-corrected chi connectivity index (χ3v) is 4.49. The van der Waals surface area contributed by atoms with Gasteiger partial charge in [0.05, 0.1) is 12.8 Å². The van der Waals surface area contributed by atoms with Crippen LogP contribution in [0.3, 0.4) is 0 Å². The van der Waals surface area contributed by atoms with Gasteiger partial charge in [0.1, 0.15) is 11.8 Å². The molecule has 25 heavy (non-hydrogen) atoms. The van der Waals surface area contributed by atoms with Gasteiger partial charge in [-0.25, -0.2) is 4.98 Å². The van der Waals surface area contributed by atoms with E-state index in [1.54, 1.807) is 7.11 Å². The minimum Gasteiger partial charge on any atom is -0.497 e. The van der Waals surface area contributed by atoms with E-state index in [1.807, 2.05) is 33.7 Å². The lowest BCUT2D eigenvalue weighted by molar-refractivity contribution is 0.0690. The topological polar surface area (TPSA) is 71.2 Å². The molecule has 1 aliphatic rings. The number of benzene rings is 1. The molecule has 0 saturated carbocycles. The maximum Gasteiger partial charge on any atom is 0.289 e. The second-order valence-corrected chi connectivity index (χ2v) is 6.60. The number of ether oxygens (including phenoxy) is 1. The summed E-state index contributed by atoms with van der Waals surface area (Å²) in [4.78, 5) is 18.9. The molecule has 0 saturated heterocycles. The van der Waals surface area contributed by atoms with Gasteiger partial charge in [0.2, 0.25) is 5.82 Å². The van der Waals surface area contributed by atoms with Crippen LogP contribution in [0, 0.1) is 17.2 Å². The van der Waals surface area contributed by atoms with E-state index in [1.165, 1.54) is 0 Å². The molecule has 1 aromatic heterocycles. The molecular formula is C19H22N4O2. The number of amides is 1. The van der Waals surface area contributed by atoms with E-state index in [0.29, 0.717) is 36.2 Å². The Morgan fingerprint density at radius 2 is 2.00 bits per heavy atom. The van der Waals surface area contributed by atoms with E-state index in [4.69, 9.17) is 4.74 Å². The van der Waals surface area contributed by atoms with E-state index in [-0.39, 0.29) is 5.91 Å². The molecule has 6 nitrogen and oxygen atoms in total. The minimum atomic E-state index is -0.0943. The van der Waals surface area contributed by atoms with Crippen molar-refractivity contribution in [2.24, 2.45) is 5.92 Å². The number of hydrogen-bond donors (Lipinski definition) is 0. The Labute approximate surface area is 147 Å². The van der Waals surface area contributed by atoms with Crippen molar-refractivity contribution in [2.75, 3.05) is 20.2 Å². The van der Waals surface area contributed by atoms with Gasteiger partial charge in [-0.3, -0.25) is 4.79 Å². The largest absolute Gasteiger partial charge is 0.497 e. The fraction of sp³-hybridized carbons (Fsp3) is 0.421. The van der Waals surface area contributed by atoms with Crippen LogP contribution in [0.25, 0.3) is 11.3 Å². The maximum absolute atomic E-state index is 12.8. The monoisotopic (exact) mass is 338 g/mol. The SMILES string of the molecule is COc1ccc(-c2c(C#N)nc3n2CCN(CCC(C)C)C3=O)cc1. The molecule has 0 N–H and O–H groups in total. The van der Waals surface area contributed by atoms with Gasteiger partial charge in [0.25, 0.3) is 5.91 Å². The zero-order chi connectivity index (χ0) is 18.0. The first-order valence-electron chi connectivity index (χ1n) is 8.49. The number of rotatable bonds is 5. The summed E-state index contributed by atoms with van der Waals surface area (Å²) in [7, 11) is 1.61.